The fourth-order valence-corrected chi connectivity index (χ4v) is 6.67. The molecule has 0 radical (unpaired) electrons. The molecule has 0 unspecified atom stereocenters. The van der Waals surface area contributed by atoms with Gasteiger partial charge in [0.2, 0.25) is 5.89 Å². The van der Waals surface area contributed by atoms with Gasteiger partial charge in [0.1, 0.15) is 0 Å². The monoisotopic (exact) mass is 563 g/mol. The number of hydrogen-bond acceptors (Lipinski definition) is 10. The molecule has 3 N–H and O–H groups in total. The van der Waals surface area contributed by atoms with Gasteiger partial charge in [0.15, 0.2) is 10.8 Å². The summed E-state index contributed by atoms with van der Waals surface area (Å²) >= 11 is 8.46. The third-order valence-corrected chi connectivity index (χ3v) is 8.74. The summed E-state index contributed by atoms with van der Waals surface area (Å²) in [6.45, 7) is 3.42. The summed E-state index contributed by atoms with van der Waals surface area (Å²) in [6, 6.07) is 2.34. The van der Waals surface area contributed by atoms with Crippen molar-refractivity contribution in [2.75, 3.05) is 18.9 Å². The molecule has 11 nitrogen and oxygen atoms in total. The van der Waals surface area contributed by atoms with Crippen molar-refractivity contribution in [2.24, 2.45) is 0 Å². The van der Waals surface area contributed by atoms with Crippen molar-refractivity contribution in [1.29, 1.82) is 0 Å². The number of rotatable bonds is 5. The van der Waals surface area contributed by atoms with Crippen LogP contribution in [0.3, 0.4) is 0 Å². The Morgan fingerprint density at radius 2 is 1.95 bits per heavy atom. The maximum absolute atomic E-state index is 13.2. The molecule has 37 heavy (non-hydrogen) atoms. The quantitative estimate of drug-likeness (QED) is 0.402. The van der Waals surface area contributed by atoms with Crippen molar-refractivity contribution in [3.63, 3.8) is 0 Å². The minimum atomic E-state index is -0.796. The van der Waals surface area contributed by atoms with Crippen LogP contribution in [0.5, 0.6) is 0 Å². The number of anilines is 1. The van der Waals surface area contributed by atoms with Crippen LogP contribution in [0.25, 0.3) is 0 Å². The van der Waals surface area contributed by atoms with Crippen molar-refractivity contribution >= 4 is 57.0 Å². The molecule has 0 saturated heterocycles. The first-order valence-electron chi connectivity index (χ1n) is 11.9. The van der Waals surface area contributed by atoms with Crippen molar-refractivity contribution < 1.29 is 18.9 Å². The lowest BCUT2D eigenvalue weighted by Crippen LogP contribution is -2.55. The Hall–Kier alpha value is -2.87. The first-order chi connectivity index (χ1) is 17.7. The molecule has 3 aromatic rings. The third-order valence-electron chi connectivity index (χ3n) is 6.51. The van der Waals surface area contributed by atoms with E-state index in [1.54, 1.807) is 19.1 Å². The van der Waals surface area contributed by atoms with Gasteiger partial charge in [-0.2, -0.15) is 4.98 Å². The van der Waals surface area contributed by atoms with Gasteiger partial charge in [-0.1, -0.05) is 16.8 Å². The largest absolute Gasteiger partial charge is 0.345 e. The number of nitrogens with one attached hydrogen (secondary N) is 3. The summed E-state index contributed by atoms with van der Waals surface area (Å²) in [5.41, 5.74) is 0.964. The number of amides is 3. The van der Waals surface area contributed by atoms with Crippen LogP contribution in [0.4, 0.5) is 5.00 Å². The van der Waals surface area contributed by atoms with Gasteiger partial charge in [0.05, 0.1) is 21.1 Å². The number of carbonyl (C=O) groups is 3. The first kappa shape index (κ1) is 25.8. The van der Waals surface area contributed by atoms with E-state index in [-0.39, 0.29) is 11.8 Å². The number of aromatic nitrogens is 3. The van der Waals surface area contributed by atoms with Crippen LogP contribution in [-0.4, -0.2) is 63.4 Å². The number of halogens is 1. The topological polar surface area (TPSA) is 142 Å². The van der Waals surface area contributed by atoms with E-state index in [4.69, 9.17) is 16.1 Å². The Balaban J connectivity index is 1.29. The Labute approximate surface area is 226 Å². The van der Waals surface area contributed by atoms with Crippen molar-refractivity contribution in [1.82, 2.24) is 30.7 Å². The van der Waals surface area contributed by atoms with E-state index in [1.165, 1.54) is 11.3 Å². The molecule has 3 atom stereocenters. The standard InChI is InChI=1S/C23H26ClN7O4S2/c1-11-25-22(35-30-11)12-3-4-13(26-19(32)20(33)29-18-6-5-17(24)37-18)15(9-12)27-21(34)23-28-14-7-8-31(2)10-16(14)36-23/h5-6,12-13,15H,3-4,7-10H2,1-2H3,(H,26,32)(H,27,34)(H,29,33)/t12-,13-,15+/m0/s1. The van der Waals surface area contributed by atoms with E-state index < -0.39 is 23.9 Å². The van der Waals surface area contributed by atoms with Gasteiger partial charge < -0.3 is 25.4 Å². The summed E-state index contributed by atoms with van der Waals surface area (Å²) in [5.74, 6) is -0.925. The zero-order chi connectivity index (χ0) is 26.1. The van der Waals surface area contributed by atoms with Crippen LogP contribution in [0.1, 0.15) is 57.3 Å². The number of carbonyl (C=O) groups excluding carboxylic acids is 3. The molecule has 3 aromatic heterocycles. The third kappa shape index (κ3) is 6.00. The molecular weight excluding hydrogens is 538 g/mol. The Bertz CT molecular complexity index is 1320. The summed E-state index contributed by atoms with van der Waals surface area (Å²) in [5, 5.41) is 13.2. The van der Waals surface area contributed by atoms with E-state index in [0.717, 1.165) is 41.4 Å². The molecule has 3 amide bonds. The number of nitrogens with zero attached hydrogens (tertiary/aromatic N) is 4. The van der Waals surface area contributed by atoms with Gasteiger partial charge >= 0.3 is 11.8 Å². The number of thiazole rings is 1. The number of hydrogen-bond donors (Lipinski definition) is 3. The van der Waals surface area contributed by atoms with E-state index in [9.17, 15) is 14.4 Å². The molecule has 1 saturated carbocycles. The minimum Gasteiger partial charge on any atom is -0.345 e. The highest BCUT2D eigenvalue weighted by Crippen LogP contribution is 2.33. The Morgan fingerprint density at radius 3 is 2.68 bits per heavy atom. The molecule has 14 heteroatoms. The second-order valence-corrected chi connectivity index (χ2v) is 12.1. The highest BCUT2D eigenvalue weighted by Gasteiger charge is 2.37. The lowest BCUT2D eigenvalue weighted by molar-refractivity contribution is -0.136. The molecule has 196 valence electrons. The average Bonchev–Trinajstić information content (AvgIpc) is 3.59. The van der Waals surface area contributed by atoms with E-state index >= 15 is 0 Å². The molecule has 4 heterocycles. The molecule has 1 aliphatic carbocycles. The fraction of sp³-hybridized carbons (Fsp3) is 0.478. The summed E-state index contributed by atoms with van der Waals surface area (Å²) < 4.78 is 5.88. The van der Waals surface area contributed by atoms with Crippen LogP contribution >= 0.6 is 34.3 Å². The van der Waals surface area contributed by atoms with Crippen molar-refractivity contribution in [3.05, 3.63) is 43.8 Å². The second-order valence-electron chi connectivity index (χ2n) is 9.28. The molecule has 1 fully saturated rings. The number of likely N-dealkylation sites (N-methyl/N-ethyl adjacent to an activating group) is 1. The van der Waals surface area contributed by atoms with Crippen molar-refractivity contribution in [3.8, 4) is 0 Å². The molecule has 5 rings (SSSR count). The highest BCUT2D eigenvalue weighted by molar-refractivity contribution is 7.20. The maximum atomic E-state index is 13.2. The average molecular weight is 564 g/mol. The van der Waals surface area contributed by atoms with Gasteiger partial charge in [-0.25, -0.2) is 4.98 Å². The lowest BCUT2D eigenvalue weighted by Gasteiger charge is -2.35. The predicted molar refractivity (Wildman–Crippen MR) is 139 cm³/mol. The zero-order valence-corrected chi connectivity index (χ0v) is 22.6. The van der Waals surface area contributed by atoms with Gasteiger partial charge in [-0.05, 0) is 45.4 Å². The van der Waals surface area contributed by atoms with E-state index in [2.05, 4.69) is 36.0 Å². The smallest absolute Gasteiger partial charge is 0.314 e. The molecular formula is C23H26ClN7O4S2. The highest BCUT2D eigenvalue weighted by atomic mass is 35.5. The van der Waals surface area contributed by atoms with Crippen molar-refractivity contribution in [2.45, 2.75) is 57.2 Å². The lowest BCUT2D eigenvalue weighted by atomic mass is 9.82. The number of fused-ring (bicyclic) bond motifs is 1. The Morgan fingerprint density at radius 1 is 1.11 bits per heavy atom. The van der Waals surface area contributed by atoms with Crippen LogP contribution < -0.4 is 16.0 Å². The molecule has 0 aromatic carbocycles. The van der Waals surface area contributed by atoms with E-state index in [1.807, 2.05) is 7.05 Å². The van der Waals surface area contributed by atoms with Gasteiger partial charge in [0.25, 0.3) is 5.91 Å². The summed E-state index contributed by atoms with van der Waals surface area (Å²) in [6.07, 6.45) is 2.44. The predicted octanol–water partition coefficient (Wildman–Crippen LogP) is 2.73. The first-order valence-corrected chi connectivity index (χ1v) is 13.9. The SMILES string of the molecule is Cc1noc([C@H]2CC[C@H](NC(=O)C(=O)Nc3ccc(Cl)s3)[C@H](NC(=O)c3nc4c(s3)CN(C)CC4)C2)n1. The van der Waals surface area contributed by atoms with Gasteiger partial charge in [0, 0.05) is 36.3 Å². The summed E-state index contributed by atoms with van der Waals surface area (Å²) in [4.78, 5) is 50.7. The molecule has 2 aliphatic rings. The van der Waals surface area contributed by atoms with Crippen LogP contribution in [0.2, 0.25) is 4.34 Å². The zero-order valence-electron chi connectivity index (χ0n) is 20.2. The summed E-state index contributed by atoms with van der Waals surface area (Å²) in [7, 11) is 2.04. The van der Waals surface area contributed by atoms with Gasteiger partial charge in [-0.15, -0.1) is 22.7 Å². The second kappa shape index (κ2) is 10.9. The number of aryl methyl sites for hydroxylation is 1. The molecule has 1 aliphatic heterocycles. The Kier molecular flexibility index (Phi) is 7.56. The van der Waals surface area contributed by atoms with E-state index in [0.29, 0.717) is 45.3 Å². The number of thiophene rings is 1. The molecule has 0 bridgehead atoms. The van der Waals surface area contributed by atoms with Gasteiger partial charge in [-0.3, -0.25) is 14.4 Å². The normalized spacial score (nSPS) is 21.8. The van der Waals surface area contributed by atoms with Crippen LogP contribution in [0.15, 0.2) is 16.7 Å². The fourth-order valence-electron chi connectivity index (χ4n) is 4.64. The van der Waals surface area contributed by atoms with Crippen LogP contribution in [0, 0.1) is 6.92 Å². The minimum absolute atomic E-state index is 0.0834. The van der Waals surface area contributed by atoms with Crippen LogP contribution in [-0.2, 0) is 22.6 Å². The maximum Gasteiger partial charge on any atom is 0.314 e. The molecule has 0 spiro atoms.